The van der Waals surface area contributed by atoms with Gasteiger partial charge in [0.1, 0.15) is 5.82 Å². The Hall–Kier alpha value is -2.96. The molecule has 6 nitrogen and oxygen atoms in total. The van der Waals surface area contributed by atoms with Gasteiger partial charge in [0, 0.05) is 24.3 Å². The fourth-order valence-corrected chi connectivity index (χ4v) is 2.72. The molecule has 3 rings (SSSR count). The molecule has 0 saturated heterocycles. The molecule has 2 N–H and O–H groups in total. The molecular weight excluding hydrogens is 321 g/mol. The highest BCUT2D eigenvalue weighted by atomic mass is 19.1. The zero-order valence-electron chi connectivity index (χ0n) is 14.2. The standard InChI is InChI=1S/C18H20FN5O/c1-12-10-13(2)24(23-12)9-3-8-20-18(25)16-11-21-22-17(16)14-4-6-15(19)7-5-14/h4-7,10-11H,3,8-9H2,1-2H3,(H,20,25)(H,21,22). The number of benzene rings is 1. The minimum Gasteiger partial charge on any atom is -0.352 e. The van der Waals surface area contributed by atoms with Gasteiger partial charge in [-0.25, -0.2) is 4.39 Å². The number of aromatic amines is 1. The van der Waals surface area contributed by atoms with E-state index in [-0.39, 0.29) is 11.7 Å². The van der Waals surface area contributed by atoms with Gasteiger partial charge in [-0.3, -0.25) is 14.6 Å². The maximum atomic E-state index is 13.1. The van der Waals surface area contributed by atoms with E-state index in [4.69, 9.17) is 0 Å². The van der Waals surface area contributed by atoms with Crippen molar-refractivity contribution in [2.24, 2.45) is 0 Å². The van der Waals surface area contributed by atoms with Crippen molar-refractivity contribution in [3.63, 3.8) is 0 Å². The molecule has 0 aliphatic rings. The number of aromatic nitrogens is 4. The summed E-state index contributed by atoms with van der Waals surface area (Å²) < 4.78 is 15.0. The molecule has 0 aliphatic carbocycles. The van der Waals surface area contributed by atoms with E-state index < -0.39 is 0 Å². The summed E-state index contributed by atoms with van der Waals surface area (Å²) in [4.78, 5) is 12.4. The SMILES string of the molecule is Cc1cc(C)n(CCCNC(=O)c2cn[nH]c2-c2ccc(F)cc2)n1. The molecule has 0 saturated carbocycles. The summed E-state index contributed by atoms with van der Waals surface area (Å²) in [6, 6.07) is 7.96. The molecule has 130 valence electrons. The second-order valence-electron chi connectivity index (χ2n) is 5.93. The number of carbonyl (C=O) groups excluding carboxylic acids is 1. The fourth-order valence-electron chi connectivity index (χ4n) is 2.72. The summed E-state index contributed by atoms with van der Waals surface area (Å²) in [5.74, 6) is -0.528. The number of hydrogen-bond acceptors (Lipinski definition) is 3. The van der Waals surface area contributed by atoms with Crippen molar-refractivity contribution in [1.29, 1.82) is 0 Å². The van der Waals surface area contributed by atoms with Crippen LogP contribution in [0.2, 0.25) is 0 Å². The van der Waals surface area contributed by atoms with Gasteiger partial charge in [0.25, 0.3) is 5.91 Å². The zero-order chi connectivity index (χ0) is 17.8. The van der Waals surface area contributed by atoms with Gasteiger partial charge in [0.15, 0.2) is 0 Å². The minimum absolute atomic E-state index is 0.207. The Morgan fingerprint density at radius 1 is 1.28 bits per heavy atom. The van der Waals surface area contributed by atoms with Crippen molar-refractivity contribution in [3.8, 4) is 11.3 Å². The Balaban J connectivity index is 1.58. The second kappa shape index (κ2) is 7.29. The zero-order valence-corrected chi connectivity index (χ0v) is 14.2. The van der Waals surface area contributed by atoms with E-state index in [1.54, 1.807) is 12.1 Å². The largest absolute Gasteiger partial charge is 0.352 e. The number of carbonyl (C=O) groups is 1. The maximum Gasteiger partial charge on any atom is 0.255 e. The van der Waals surface area contributed by atoms with Crippen molar-refractivity contribution in [3.05, 3.63) is 59.3 Å². The average molecular weight is 341 g/mol. The molecule has 0 aliphatic heterocycles. The third-order valence-corrected chi connectivity index (χ3v) is 3.95. The maximum absolute atomic E-state index is 13.1. The number of aryl methyl sites for hydroxylation is 3. The van der Waals surface area contributed by atoms with Crippen molar-refractivity contribution >= 4 is 5.91 Å². The number of hydrogen-bond donors (Lipinski definition) is 2. The summed E-state index contributed by atoms with van der Waals surface area (Å²) in [7, 11) is 0. The Morgan fingerprint density at radius 3 is 2.72 bits per heavy atom. The predicted molar refractivity (Wildman–Crippen MR) is 92.6 cm³/mol. The first kappa shape index (κ1) is 16.9. The van der Waals surface area contributed by atoms with Crippen molar-refractivity contribution in [1.82, 2.24) is 25.3 Å². The molecule has 0 spiro atoms. The molecule has 0 radical (unpaired) electrons. The van der Waals surface area contributed by atoms with Gasteiger partial charge in [0.05, 0.1) is 23.1 Å². The van der Waals surface area contributed by atoms with E-state index in [9.17, 15) is 9.18 Å². The topological polar surface area (TPSA) is 75.6 Å². The second-order valence-corrected chi connectivity index (χ2v) is 5.93. The number of halogens is 1. The lowest BCUT2D eigenvalue weighted by Gasteiger charge is -2.07. The first-order chi connectivity index (χ1) is 12.0. The molecule has 2 aromatic heterocycles. The van der Waals surface area contributed by atoms with Gasteiger partial charge >= 0.3 is 0 Å². The molecule has 1 amide bonds. The lowest BCUT2D eigenvalue weighted by molar-refractivity contribution is 0.0953. The highest BCUT2D eigenvalue weighted by Crippen LogP contribution is 2.21. The minimum atomic E-state index is -0.321. The van der Waals surface area contributed by atoms with E-state index >= 15 is 0 Å². The highest BCUT2D eigenvalue weighted by Gasteiger charge is 2.15. The summed E-state index contributed by atoms with van der Waals surface area (Å²) in [6.45, 7) is 5.25. The molecule has 7 heteroatoms. The number of nitrogens with one attached hydrogen (secondary N) is 2. The van der Waals surface area contributed by atoms with E-state index in [0.717, 1.165) is 24.4 Å². The number of rotatable bonds is 6. The van der Waals surface area contributed by atoms with Crippen LogP contribution in [0.15, 0.2) is 36.5 Å². The number of H-pyrrole nitrogens is 1. The van der Waals surface area contributed by atoms with E-state index in [0.29, 0.717) is 23.4 Å². The van der Waals surface area contributed by atoms with Gasteiger partial charge in [0.2, 0.25) is 0 Å². The first-order valence-corrected chi connectivity index (χ1v) is 8.13. The molecule has 1 aromatic carbocycles. The summed E-state index contributed by atoms with van der Waals surface area (Å²) >= 11 is 0. The van der Waals surface area contributed by atoms with Gasteiger partial charge in [-0.1, -0.05) is 0 Å². The van der Waals surface area contributed by atoms with Crippen LogP contribution in [0.3, 0.4) is 0 Å². The van der Waals surface area contributed by atoms with Gasteiger partial charge in [-0.05, 0) is 50.6 Å². The van der Waals surface area contributed by atoms with Crippen molar-refractivity contribution < 1.29 is 9.18 Å². The number of amides is 1. The molecule has 0 atom stereocenters. The molecular formula is C18H20FN5O. The van der Waals surface area contributed by atoms with Crippen LogP contribution in [-0.4, -0.2) is 32.4 Å². The molecule has 0 bridgehead atoms. The average Bonchev–Trinajstić information content (AvgIpc) is 3.19. The summed E-state index contributed by atoms with van der Waals surface area (Å²) in [5, 5.41) is 14.0. The third kappa shape index (κ3) is 3.93. The van der Waals surface area contributed by atoms with Crippen LogP contribution in [-0.2, 0) is 6.54 Å². The fraction of sp³-hybridized carbons (Fsp3) is 0.278. The predicted octanol–water partition coefficient (Wildman–Crippen LogP) is 2.85. The normalized spacial score (nSPS) is 10.8. The van der Waals surface area contributed by atoms with Crippen LogP contribution < -0.4 is 5.32 Å². The van der Waals surface area contributed by atoms with Crippen LogP contribution in [0, 0.1) is 19.7 Å². The van der Waals surface area contributed by atoms with E-state index in [1.807, 2.05) is 24.6 Å². The Kier molecular flexibility index (Phi) is 4.92. The van der Waals surface area contributed by atoms with E-state index in [1.165, 1.54) is 18.3 Å². The Labute approximate surface area is 145 Å². The van der Waals surface area contributed by atoms with Crippen LogP contribution in [0.4, 0.5) is 4.39 Å². The van der Waals surface area contributed by atoms with E-state index in [2.05, 4.69) is 20.6 Å². The smallest absolute Gasteiger partial charge is 0.255 e. The molecule has 3 aromatic rings. The quantitative estimate of drug-likeness (QED) is 0.677. The van der Waals surface area contributed by atoms with Crippen molar-refractivity contribution in [2.45, 2.75) is 26.8 Å². The van der Waals surface area contributed by atoms with Gasteiger partial charge in [-0.15, -0.1) is 0 Å². The van der Waals surface area contributed by atoms with Gasteiger partial charge in [-0.2, -0.15) is 10.2 Å². The Bertz CT molecular complexity index is 866. The molecule has 0 fully saturated rings. The molecule has 25 heavy (non-hydrogen) atoms. The van der Waals surface area contributed by atoms with Crippen LogP contribution >= 0.6 is 0 Å². The van der Waals surface area contributed by atoms with Crippen molar-refractivity contribution in [2.75, 3.05) is 6.54 Å². The van der Waals surface area contributed by atoms with Crippen LogP contribution in [0.1, 0.15) is 28.2 Å². The lowest BCUT2D eigenvalue weighted by atomic mass is 10.1. The summed E-state index contributed by atoms with van der Waals surface area (Å²) in [5.41, 5.74) is 3.83. The lowest BCUT2D eigenvalue weighted by Crippen LogP contribution is -2.25. The first-order valence-electron chi connectivity index (χ1n) is 8.13. The molecule has 0 unspecified atom stereocenters. The molecule has 2 heterocycles. The van der Waals surface area contributed by atoms with Crippen LogP contribution in [0.5, 0.6) is 0 Å². The van der Waals surface area contributed by atoms with Crippen LogP contribution in [0.25, 0.3) is 11.3 Å². The Morgan fingerprint density at radius 2 is 2.04 bits per heavy atom. The summed E-state index contributed by atoms with van der Waals surface area (Å²) in [6.07, 6.45) is 2.26. The monoisotopic (exact) mass is 341 g/mol. The van der Waals surface area contributed by atoms with Gasteiger partial charge < -0.3 is 5.32 Å². The third-order valence-electron chi connectivity index (χ3n) is 3.95. The number of nitrogens with zero attached hydrogens (tertiary/aromatic N) is 3. The highest BCUT2D eigenvalue weighted by molar-refractivity contribution is 5.99.